The number of aromatic nitrogens is 2. The molecule has 2 rings (SSSR count). The average molecular weight is 497 g/mol. The molecule has 4 atom stereocenters. The first-order valence-corrected chi connectivity index (χ1v) is 13.3. The number of nitrogens with one attached hydrogen (secondary N) is 1. The molecule has 1 aliphatic heterocycles. The first-order chi connectivity index (χ1) is 16.8. The first-order valence-electron chi connectivity index (χ1n) is 13.3. The zero-order valence-electron chi connectivity index (χ0n) is 21.4. The van der Waals surface area contributed by atoms with Gasteiger partial charge in [0.25, 0.3) is 5.56 Å². The Balaban J connectivity index is 1.56. The second-order valence-corrected chi connectivity index (χ2v) is 9.70. The third kappa shape index (κ3) is 9.89. The number of aromatic amines is 1. The Kier molecular flexibility index (Phi) is 13.3. The predicted molar refractivity (Wildman–Crippen MR) is 133 cm³/mol. The number of aliphatic hydroxyl groups is 2. The van der Waals surface area contributed by atoms with Crippen LogP contribution in [0.4, 0.5) is 0 Å². The highest BCUT2D eigenvalue weighted by molar-refractivity contribution is 5.69. The molecule has 2 heterocycles. The molecule has 0 unspecified atom stereocenters. The number of esters is 1. The van der Waals surface area contributed by atoms with Gasteiger partial charge in [0.1, 0.15) is 24.9 Å². The van der Waals surface area contributed by atoms with Crippen LogP contribution in [-0.2, 0) is 14.3 Å². The number of hydrogen-bond donors (Lipinski definition) is 3. The van der Waals surface area contributed by atoms with E-state index in [2.05, 4.69) is 11.9 Å². The van der Waals surface area contributed by atoms with Gasteiger partial charge in [-0.1, -0.05) is 84.0 Å². The summed E-state index contributed by atoms with van der Waals surface area (Å²) in [6.07, 6.45) is 12.6. The van der Waals surface area contributed by atoms with Gasteiger partial charge in [0, 0.05) is 18.2 Å². The number of aliphatic hydroxyl groups excluding tert-OH is 2. The van der Waals surface area contributed by atoms with E-state index in [1.165, 1.54) is 77.3 Å². The van der Waals surface area contributed by atoms with Crippen molar-refractivity contribution in [2.45, 2.75) is 128 Å². The van der Waals surface area contributed by atoms with Gasteiger partial charge in [0.15, 0.2) is 6.23 Å². The van der Waals surface area contributed by atoms with Gasteiger partial charge < -0.3 is 19.7 Å². The van der Waals surface area contributed by atoms with E-state index in [-0.39, 0.29) is 18.1 Å². The van der Waals surface area contributed by atoms with Crippen LogP contribution in [0.25, 0.3) is 0 Å². The van der Waals surface area contributed by atoms with E-state index in [1.54, 1.807) is 0 Å². The normalized spacial score (nSPS) is 21.9. The number of ether oxygens (including phenoxy) is 2. The smallest absolute Gasteiger partial charge is 0.330 e. The Bertz CT molecular complexity index is 866. The number of carbonyl (C=O) groups is 1. The lowest BCUT2D eigenvalue weighted by atomic mass is 10.0. The van der Waals surface area contributed by atoms with Crippen LogP contribution in [-0.4, -0.2) is 50.7 Å². The molecule has 1 aromatic rings. The summed E-state index contributed by atoms with van der Waals surface area (Å²) in [5.74, 6) is -0.376. The zero-order chi connectivity index (χ0) is 25.6. The lowest BCUT2D eigenvalue weighted by molar-refractivity contribution is -0.150. The van der Waals surface area contributed by atoms with Crippen LogP contribution >= 0.6 is 0 Å². The summed E-state index contributed by atoms with van der Waals surface area (Å²) >= 11 is 0. The molecule has 1 aromatic heterocycles. The van der Waals surface area contributed by atoms with Gasteiger partial charge in [0.05, 0.1) is 0 Å². The molecule has 9 nitrogen and oxygen atoms in total. The van der Waals surface area contributed by atoms with Crippen molar-refractivity contribution >= 4 is 5.97 Å². The topological polar surface area (TPSA) is 131 Å². The number of rotatable bonds is 17. The molecule has 0 radical (unpaired) electrons. The second-order valence-electron chi connectivity index (χ2n) is 9.70. The van der Waals surface area contributed by atoms with Crippen LogP contribution in [0.5, 0.6) is 0 Å². The van der Waals surface area contributed by atoms with Crippen LogP contribution in [0.2, 0.25) is 0 Å². The van der Waals surface area contributed by atoms with Gasteiger partial charge in [-0.15, -0.1) is 0 Å². The van der Waals surface area contributed by atoms with Gasteiger partial charge in [-0.05, 0) is 13.3 Å². The van der Waals surface area contributed by atoms with Crippen molar-refractivity contribution < 1.29 is 24.5 Å². The lowest BCUT2D eigenvalue weighted by Gasteiger charge is -2.17. The minimum Gasteiger partial charge on any atom is -0.463 e. The summed E-state index contributed by atoms with van der Waals surface area (Å²) in [5, 5.41) is 20.6. The van der Waals surface area contributed by atoms with E-state index in [4.69, 9.17) is 9.47 Å². The third-order valence-electron chi connectivity index (χ3n) is 6.65. The summed E-state index contributed by atoms with van der Waals surface area (Å²) in [6.45, 7) is 3.54. The van der Waals surface area contributed by atoms with Crippen LogP contribution in [0.1, 0.15) is 109 Å². The fourth-order valence-electron chi connectivity index (χ4n) is 4.41. The van der Waals surface area contributed by atoms with Gasteiger partial charge in [-0.2, -0.15) is 0 Å². The Labute approximate surface area is 207 Å². The Morgan fingerprint density at radius 1 is 0.943 bits per heavy atom. The number of nitrogens with zero attached hydrogens (tertiary/aromatic N) is 1. The quantitative estimate of drug-likeness (QED) is 0.222. The molecule has 0 spiro atoms. The maximum atomic E-state index is 12.1. The fourth-order valence-corrected chi connectivity index (χ4v) is 4.41. The molecular weight excluding hydrogens is 452 g/mol. The van der Waals surface area contributed by atoms with Gasteiger partial charge in [-0.25, -0.2) is 4.79 Å². The van der Waals surface area contributed by atoms with E-state index >= 15 is 0 Å². The van der Waals surface area contributed by atoms with Crippen LogP contribution in [0.3, 0.4) is 0 Å². The van der Waals surface area contributed by atoms with Crippen LogP contribution < -0.4 is 11.2 Å². The average Bonchev–Trinajstić information content (AvgIpc) is 3.11. The van der Waals surface area contributed by atoms with Gasteiger partial charge >= 0.3 is 11.7 Å². The summed E-state index contributed by atoms with van der Waals surface area (Å²) in [7, 11) is 0. The molecule has 0 bridgehead atoms. The molecule has 1 saturated heterocycles. The van der Waals surface area contributed by atoms with E-state index in [0.717, 1.165) is 23.8 Å². The highest BCUT2D eigenvalue weighted by Crippen LogP contribution is 2.28. The van der Waals surface area contributed by atoms with Crippen molar-refractivity contribution in [3.63, 3.8) is 0 Å². The zero-order valence-corrected chi connectivity index (χ0v) is 21.4. The minimum atomic E-state index is -1.40. The number of aryl methyl sites for hydroxylation is 1. The monoisotopic (exact) mass is 496 g/mol. The van der Waals surface area contributed by atoms with E-state index in [1.807, 2.05) is 0 Å². The molecule has 1 fully saturated rings. The number of unbranched alkanes of at least 4 members (excludes halogenated alkanes) is 12. The van der Waals surface area contributed by atoms with Crippen molar-refractivity contribution in [3.05, 3.63) is 32.6 Å². The van der Waals surface area contributed by atoms with Crippen molar-refractivity contribution in [3.8, 4) is 0 Å². The van der Waals surface area contributed by atoms with E-state index in [9.17, 15) is 24.6 Å². The lowest BCUT2D eigenvalue weighted by Crippen LogP contribution is -2.38. The molecule has 9 heteroatoms. The van der Waals surface area contributed by atoms with Crippen LogP contribution in [0.15, 0.2) is 15.8 Å². The van der Waals surface area contributed by atoms with Gasteiger partial charge in [-0.3, -0.25) is 19.1 Å². The molecule has 0 aromatic carbocycles. The largest absolute Gasteiger partial charge is 0.463 e. The molecule has 3 N–H and O–H groups in total. The molecule has 35 heavy (non-hydrogen) atoms. The number of H-pyrrole nitrogens is 1. The maximum absolute atomic E-state index is 12.1. The fraction of sp³-hybridized carbons (Fsp3) is 0.808. The molecule has 0 saturated carbocycles. The molecule has 1 aliphatic rings. The summed E-state index contributed by atoms with van der Waals surface area (Å²) in [6, 6.07) is 0. The summed E-state index contributed by atoms with van der Waals surface area (Å²) < 4.78 is 11.8. The summed E-state index contributed by atoms with van der Waals surface area (Å²) in [4.78, 5) is 37.8. The van der Waals surface area contributed by atoms with E-state index < -0.39 is 35.8 Å². The maximum Gasteiger partial charge on any atom is 0.330 e. The van der Waals surface area contributed by atoms with Crippen LogP contribution in [0, 0.1) is 6.92 Å². The Hall–Kier alpha value is -1.97. The second kappa shape index (κ2) is 15.9. The SMILES string of the molecule is CCCCCCCCCCCCCCCC(=O)OC[C@H]1O[C@@H](n2cc(C)c(=O)[nH]c2=O)[C@H](O)[C@@H]1O. The van der Waals surface area contributed by atoms with Crippen molar-refractivity contribution in [2.24, 2.45) is 0 Å². The predicted octanol–water partition coefficient (Wildman–Crippen LogP) is 3.49. The minimum absolute atomic E-state index is 0.219. The highest BCUT2D eigenvalue weighted by atomic mass is 16.6. The summed E-state index contributed by atoms with van der Waals surface area (Å²) in [5.41, 5.74) is -1.02. The molecular formula is C26H44N2O7. The third-order valence-corrected chi connectivity index (χ3v) is 6.65. The Morgan fingerprint density at radius 3 is 2.06 bits per heavy atom. The van der Waals surface area contributed by atoms with Crippen molar-refractivity contribution in [1.29, 1.82) is 0 Å². The number of hydrogen-bond acceptors (Lipinski definition) is 7. The Morgan fingerprint density at radius 2 is 1.49 bits per heavy atom. The number of carbonyl (C=O) groups excluding carboxylic acids is 1. The molecule has 0 amide bonds. The highest BCUT2D eigenvalue weighted by Gasteiger charge is 2.44. The standard InChI is InChI=1S/C26H44N2O7/c1-3-4-5-6-7-8-9-10-11-12-13-14-15-16-21(29)34-18-20-22(30)23(31)25(35-20)28-17-19(2)24(32)27-26(28)33/h17,20,22-23,25,30-31H,3-16,18H2,1-2H3,(H,27,32,33)/t20-,22-,23-,25-/m1/s1. The first kappa shape index (κ1) is 29.3. The molecule has 0 aliphatic carbocycles. The van der Waals surface area contributed by atoms with Crippen molar-refractivity contribution in [2.75, 3.05) is 6.61 Å². The van der Waals surface area contributed by atoms with E-state index in [0.29, 0.717) is 6.42 Å². The van der Waals surface area contributed by atoms with Gasteiger partial charge in [0.2, 0.25) is 0 Å². The molecule has 200 valence electrons. The van der Waals surface area contributed by atoms with Crippen molar-refractivity contribution in [1.82, 2.24) is 9.55 Å².